The van der Waals surface area contributed by atoms with Gasteiger partial charge in [-0.2, -0.15) is 0 Å². The van der Waals surface area contributed by atoms with Crippen LogP contribution in [0.25, 0.3) is 0 Å². The van der Waals surface area contributed by atoms with Crippen LogP contribution in [0, 0.1) is 0 Å². The molecule has 1 aliphatic rings. The molecular weight excluding hydrogens is 362 g/mol. The number of nitrogens with zero attached hydrogens (tertiary/aromatic N) is 1. The van der Waals surface area contributed by atoms with Crippen molar-refractivity contribution in [3.63, 3.8) is 0 Å². The van der Waals surface area contributed by atoms with Crippen molar-refractivity contribution in [1.29, 1.82) is 0 Å². The first kappa shape index (κ1) is 21.7. The smallest absolute Gasteiger partial charge is 0.183 e. The fourth-order valence-electron chi connectivity index (χ4n) is 4.07. The summed E-state index contributed by atoms with van der Waals surface area (Å²) in [6.07, 6.45) is 1.45. The van der Waals surface area contributed by atoms with Gasteiger partial charge in [0.1, 0.15) is 0 Å². The van der Waals surface area contributed by atoms with Crippen LogP contribution >= 0.6 is 0 Å². The summed E-state index contributed by atoms with van der Waals surface area (Å²) < 4.78 is 5.82. The number of carbonyl (C=O) groups is 1. The maximum atomic E-state index is 13.6. The summed E-state index contributed by atoms with van der Waals surface area (Å²) in [4.78, 5) is 15.7. The predicted molar refractivity (Wildman–Crippen MR) is 117 cm³/mol. The highest BCUT2D eigenvalue weighted by Crippen LogP contribution is 2.29. The molecule has 0 radical (unpaired) electrons. The van der Waals surface area contributed by atoms with Crippen molar-refractivity contribution in [3.05, 3.63) is 70.8 Å². The molecule has 0 spiro atoms. The van der Waals surface area contributed by atoms with Gasteiger partial charge < -0.3 is 15.8 Å². The van der Waals surface area contributed by atoms with Crippen LogP contribution in [-0.4, -0.2) is 50.0 Å². The second kappa shape index (κ2) is 9.63. The van der Waals surface area contributed by atoms with Crippen molar-refractivity contribution < 1.29 is 9.53 Å². The van der Waals surface area contributed by atoms with Gasteiger partial charge in [-0.25, -0.2) is 0 Å². The molecule has 2 atom stereocenters. The number of Topliss-reactive ketones (excluding diaryl/α,β-unsaturated/α-hetero) is 1. The lowest BCUT2D eigenvalue weighted by atomic mass is 9.80. The second-order valence-electron chi connectivity index (χ2n) is 7.99. The first-order chi connectivity index (χ1) is 14.0. The minimum Gasteiger partial charge on any atom is -0.371 e. The SMILES string of the molecule is CCC(Cc1ccc(CN)cc1)(C(=O)c1ccc(C2CNCCO2)cc1)N(C)C. The molecule has 0 saturated carbocycles. The molecule has 0 amide bonds. The van der Waals surface area contributed by atoms with Crippen molar-refractivity contribution in [2.24, 2.45) is 5.73 Å². The van der Waals surface area contributed by atoms with Gasteiger partial charge in [-0.05, 0) is 43.6 Å². The van der Waals surface area contributed by atoms with Crippen LogP contribution in [0.3, 0.4) is 0 Å². The van der Waals surface area contributed by atoms with E-state index in [9.17, 15) is 4.79 Å². The summed E-state index contributed by atoms with van der Waals surface area (Å²) in [7, 11) is 3.98. The molecule has 0 bridgehead atoms. The largest absolute Gasteiger partial charge is 0.371 e. The van der Waals surface area contributed by atoms with Gasteiger partial charge in [-0.3, -0.25) is 9.69 Å². The van der Waals surface area contributed by atoms with E-state index in [0.717, 1.165) is 41.8 Å². The van der Waals surface area contributed by atoms with Crippen molar-refractivity contribution in [2.75, 3.05) is 33.8 Å². The number of carbonyl (C=O) groups excluding carboxylic acids is 1. The molecule has 2 aromatic rings. The summed E-state index contributed by atoms with van der Waals surface area (Å²) in [5.74, 6) is 0.155. The van der Waals surface area contributed by atoms with Crippen LogP contribution in [0.4, 0.5) is 0 Å². The number of hydrogen-bond acceptors (Lipinski definition) is 5. The quantitative estimate of drug-likeness (QED) is 0.673. The fraction of sp³-hybridized carbons (Fsp3) is 0.458. The number of benzene rings is 2. The molecule has 3 N–H and O–H groups in total. The van der Waals surface area contributed by atoms with E-state index in [1.807, 2.05) is 50.5 Å². The first-order valence-electron chi connectivity index (χ1n) is 10.4. The maximum absolute atomic E-state index is 13.6. The average molecular weight is 396 g/mol. The summed E-state index contributed by atoms with van der Waals surface area (Å²) in [6, 6.07) is 16.2. The summed E-state index contributed by atoms with van der Waals surface area (Å²) >= 11 is 0. The Labute approximate surface area is 174 Å². The molecule has 1 saturated heterocycles. The summed E-state index contributed by atoms with van der Waals surface area (Å²) in [5, 5.41) is 3.35. The number of hydrogen-bond donors (Lipinski definition) is 2. The Bertz CT molecular complexity index is 796. The van der Waals surface area contributed by atoms with E-state index in [2.05, 4.69) is 29.3 Å². The number of likely N-dealkylation sites (N-methyl/N-ethyl adjacent to an activating group) is 1. The lowest BCUT2D eigenvalue weighted by Crippen LogP contribution is -2.52. The van der Waals surface area contributed by atoms with Gasteiger partial charge in [0.25, 0.3) is 0 Å². The van der Waals surface area contributed by atoms with E-state index in [-0.39, 0.29) is 11.9 Å². The van der Waals surface area contributed by atoms with Crippen LogP contribution in [-0.2, 0) is 17.7 Å². The molecule has 0 aliphatic carbocycles. The van der Waals surface area contributed by atoms with Crippen molar-refractivity contribution in [3.8, 4) is 0 Å². The average Bonchev–Trinajstić information content (AvgIpc) is 2.78. The highest BCUT2D eigenvalue weighted by molar-refractivity contribution is 6.03. The van der Waals surface area contributed by atoms with Crippen LogP contribution < -0.4 is 11.1 Å². The molecule has 0 aromatic heterocycles. The molecule has 3 rings (SSSR count). The lowest BCUT2D eigenvalue weighted by Gasteiger charge is -2.38. The van der Waals surface area contributed by atoms with Crippen molar-refractivity contribution in [1.82, 2.24) is 10.2 Å². The zero-order chi connectivity index (χ0) is 20.9. The number of ether oxygens (including phenoxy) is 1. The van der Waals surface area contributed by atoms with Gasteiger partial charge in [0.2, 0.25) is 0 Å². The fourth-order valence-corrected chi connectivity index (χ4v) is 4.07. The Hall–Kier alpha value is -2.05. The van der Waals surface area contributed by atoms with Crippen molar-refractivity contribution >= 4 is 5.78 Å². The first-order valence-corrected chi connectivity index (χ1v) is 10.4. The van der Waals surface area contributed by atoms with Crippen LogP contribution in [0.1, 0.15) is 46.5 Å². The number of ketones is 1. The third kappa shape index (κ3) is 4.75. The topological polar surface area (TPSA) is 67.6 Å². The Balaban J connectivity index is 1.84. The second-order valence-corrected chi connectivity index (χ2v) is 7.99. The zero-order valence-electron chi connectivity index (χ0n) is 17.8. The van der Waals surface area contributed by atoms with E-state index in [4.69, 9.17) is 10.5 Å². The van der Waals surface area contributed by atoms with E-state index in [0.29, 0.717) is 19.6 Å². The molecule has 156 valence electrons. The summed E-state index contributed by atoms with van der Waals surface area (Å²) in [6.45, 7) is 5.03. The molecule has 29 heavy (non-hydrogen) atoms. The van der Waals surface area contributed by atoms with E-state index >= 15 is 0 Å². The molecule has 1 fully saturated rings. The molecule has 5 heteroatoms. The monoisotopic (exact) mass is 395 g/mol. The minimum absolute atomic E-state index is 0.0544. The van der Waals surface area contributed by atoms with Crippen molar-refractivity contribution in [2.45, 2.75) is 38.0 Å². The van der Waals surface area contributed by atoms with Gasteiger partial charge in [-0.15, -0.1) is 0 Å². The maximum Gasteiger partial charge on any atom is 0.183 e. The van der Waals surface area contributed by atoms with Gasteiger partial charge in [-0.1, -0.05) is 55.5 Å². The highest BCUT2D eigenvalue weighted by atomic mass is 16.5. The number of nitrogens with two attached hydrogens (primary N) is 1. The number of nitrogens with one attached hydrogen (secondary N) is 1. The molecule has 2 aromatic carbocycles. The predicted octanol–water partition coefficient (Wildman–Crippen LogP) is 2.94. The normalized spacial score (nSPS) is 19.1. The Morgan fingerprint density at radius 2 is 1.79 bits per heavy atom. The zero-order valence-corrected chi connectivity index (χ0v) is 17.8. The molecule has 1 heterocycles. The third-order valence-corrected chi connectivity index (χ3v) is 6.09. The standard InChI is InChI=1S/C24H33N3O2/c1-4-24(27(2)3,15-18-5-7-19(16-25)8-6-18)23(28)21-11-9-20(10-12-21)22-17-26-13-14-29-22/h5-12,22,26H,4,13-17,25H2,1-3H3. The van der Waals surface area contributed by atoms with Gasteiger partial charge in [0.05, 0.1) is 18.2 Å². The van der Waals surface area contributed by atoms with Gasteiger partial charge >= 0.3 is 0 Å². The summed E-state index contributed by atoms with van der Waals surface area (Å²) in [5.41, 5.74) is 9.22. The van der Waals surface area contributed by atoms with Crippen LogP contribution in [0.15, 0.2) is 48.5 Å². The van der Waals surface area contributed by atoms with Gasteiger partial charge in [0, 0.05) is 25.2 Å². The molecular formula is C24H33N3O2. The van der Waals surface area contributed by atoms with E-state index in [1.54, 1.807) is 0 Å². The molecule has 5 nitrogen and oxygen atoms in total. The highest BCUT2D eigenvalue weighted by Gasteiger charge is 2.39. The molecule has 1 aliphatic heterocycles. The minimum atomic E-state index is -0.589. The number of morpholine rings is 1. The molecule has 2 unspecified atom stereocenters. The number of rotatable bonds is 8. The Morgan fingerprint density at radius 1 is 1.14 bits per heavy atom. The Morgan fingerprint density at radius 3 is 2.31 bits per heavy atom. The van der Waals surface area contributed by atoms with E-state index in [1.165, 1.54) is 0 Å². The third-order valence-electron chi connectivity index (χ3n) is 6.09. The van der Waals surface area contributed by atoms with Crippen LogP contribution in [0.5, 0.6) is 0 Å². The van der Waals surface area contributed by atoms with Crippen LogP contribution in [0.2, 0.25) is 0 Å². The lowest BCUT2D eigenvalue weighted by molar-refractivity contribution is 0.0277. The van der Waals surface area contributed by atoms with Gasteiger partial charge in [0.15, 0.2) is 5.78 Å². The Kier molecular flexibility index (Phi) is 7.19. The van der Waals surface area contributed by atoms with E-state index < -0.39 is 5.54 Å².